The first kappa shape index (κ1) is 22.0. The van der Waals surface area contributed by atoms with Crippen LogP contribution in [0.5, 0.6) is 0 Å². The van der Waals surface area contributed by atoms with Gasteiger partial charge in [-0.1, -0.05) is 23.7 Å². The molecule has 3 aromatic rings. The number of fused-ring (bicyclic) bond motifs is 1. The van der Waals surface area contributed by atoms with Crippen LogP contribution >= 0.6 is 11.6 Å². The van der Waals surface area contributed by atoms with E-state index in [2.05, 4.69) is 36.6 Å². The van der Waals surface area contributed by atoms with E-state index in [4.69, 9.17) is 22.3 Å². The summed E-state index contributed by atoms with van der Waals surface area (Å²) in [6, 6.07) is 7.92. The van der Waals surface area contributed by atoms with E-state index < -0.39 is 0 Å². The van der Waals surface area contributed by atoms with Crippen LogP contribution in [0.2, 0.25) is 5.02 Å². The Morgan fingerprint density at radius 3 is 2.66 bits per heavy atom. The topological polar surface area (TPSA) is 122 Å². The number of nitrogen functional groups attached to an aromatic ring is 1. The zero-order chi connectivity index (χ0) is 22.8. The minimum Gasteiger partial charge on any atom is -0.368 e. The highest BCUT2D eigenvalue weighted by molar-refractivity contribution is 6.35. The Bertz CT molecular complexity index is 1130. The lowest BCUT2D eigenvalue weighted by Crippen LogP contribution is -2.44. The number of hydrogen-bond acceptors (Lipinski definition) is 8. The lowest BCUT2D eigenvalue weighted by molar-refractivity contribution is -0.119. The highest BCUT2D eigenvalue weighted by Crippen LogP contribution is 2.33. The van der Waals surface area contributed by atoms with Crippen molar-refractivity contribution < 1.29 is 4.79 Å². The number of para-hydroxylation sites is 1. The highest BCUT2D eigenvalue weighted by Gasteiger charge is 2.25. The van der Waals surface area contributed by atoms with Crippen molar-refractivity contribution in [2.75, 3.05) is 29.0 Å². The largest absolute Gasteiger partial charge is 0.368 e. The van der Waals surface area contributed by atoms with E-state index in [-0.39, 0.29) is 23.9 Å². The molecule has 1 atom stereocenters. The van der Waals surface area contributed by atoms with Crippen molar-refractivity contribution in [2.24, 2.45) is 0 Å². The summed E-state index contributed by atoms with van der Waals surface area (Å²) in [6.45, 7) is 6.94. The Hall–Kier alpha value is -3.20. The van der Waals surface area contributed by atoms with Crippen LogP contribution in [0.4, 0.5) is 17.7 Å². The van der Waals surface area contributed by atoms with Crippen LogP contribution in [0.3, 0.4) is 0 Å². The molecule has 1 aromatic carbocycles. The summed E-state index contributed by atoms with van der Waals surface area (Å²) in [5, 5.41) is 7.93. The van der Waals surface area contributed by atoms with Gasteiger partial charge in [0.25, 0.3) is 0 Å². The van der Waals surface area contributed by atoms with Crippen LogP contribution < -0.4 is 21.3 Å². The summed E-state index contributed by atoms with van der Waals surface area (Å²) >= 11 is 6.46. The van der Waals surface area contributed by atoms with Crippen LogP contribution in [0.1, 0.15) is 44.1 Å². The van der Waals surface area contributed by atoms with Crippen molar-refractivity contribution in [3.05, 3.63) is 40.7 Å². The second kappa shape index (κ2) is 9.12. The average Bonchev–Trinajstić information content (AvgIpc) is 2.72. The predicted octanol–water partition coefficient (Wildman–Crippen LogP) is 3.24. The van der Waals surface area contributed by atoms with E-state index in [1.54, 1.807) is 13.8 Å². The zero-order valence-corrected chi connectivity index (χ0v) is 19.1. The van der Waals surface area contributed by atoms with Crippen LogP contribution in [-0.4, -0.2) is 45.0 Å². The molecule has 9 nitrogen and oxygen atoms in total. The quantitative estimate of drug-likeness (QED) is 0.537. The fraction of sp³-hybridized carbons (Fsp3) is 0.409. The third kappa shape index (κ3) is 4.83. The number of amides is 1. The third-order valence-corrected chi connectivity index (χ3v) is 5.89. The van der Waals surface area contributed by atoms with Crippen molar-refractivity contribution in [2.45, 2.75) is 45.7 Å². The summed E-state index contributed by atoms with van der Waals surface area (Å²) in [5.74, 6) is 2.02. The normalized spacial score (nSPS) is 15.6. The number of aromatic nitrogens is 4. The lowest BCUT2D eigenvalue weighted by Gasteiger charge is -2.35. The van der Waals surface area contributed by atoms with Gasteiger partial charge in [0, 0.05) is 37.0 Å². The number of hydrogen-bond donors (Lipinski definition) is 3. The van der Waals surface area contributed by atoms with Gasteiger partial charge in [0.15, 0.2) is 0 Å². The van der Waals surface area contributed by atoms with E-state index in [0.717, 1.165) is 48.2 Å². The molecule has 1 aliphatic heterocycles. The first-order chi connectivity index (χ1) is 15.3. The molecule has 4 rings (SSSR count). The van der Waals surface area contributed by atoms with Crippen molar-refractivity contribution >= 4 is 46.1 Å². The van der Waals surface area contributed by atoms with Crippen molar-refractivity contribution in [3.63, 3.8) is 0 Å². The maximum absolute atomic E-state index is 11.4. The number of anilines is 3. The fourth-order valence-corrected chi connectivity index (χ4v) is 4.33. The molecule has 0 unspecified atom stereocenters. The number of aryl methyl sites for hydroxylation is 1. The molecule has 4 N–H and O–H groups in total. The number of nitrogens with two attached hydrogens (primary N) is 1. The van der Waals surface area contributed by atoms with Gasteiger partial charge in [0.05, 0.1) is 16.6 Å². The molecule has 0 aliphatic carbocycles. The van der Waals surface area contributed by atoms with Gasteiger partial charge in [-0.25, -0.2) is 4.98 Å². The number of carbonyl (C=O) groups excluding carboxylic acids is 1. The van der Waals surface area contributed by atoms with Gasteiger partial charge in [-0.15, -0.1) is 0 Å². The summed E-state index contributed by atoms with van der Waals surface area (Å²) in [6.07, 6.45) is 1.71. The molecule has 168 valence electrons. The van der Waals surface area contributed by atoms with Gasteiger partial charge in [-0.2, -0.15) is 15.0 Å². The second-order valence-electron chi connectivity index (χ2n) is 8.11. The van der Waals surface area contributed by atoms with E-state index in [0.29, 0.717) is 16.8 Å². The monoisotopic (exact) mass is 454 g/mol. The fourth-order valence-electron chi connectivity index (χ4n) is 4.10. The molecule has 0 spiro atoms. The molecule has 2 aromatic heterocycles. The number of halogens is 1. The predicted molar refractivity (Wildman–Crippen MR) is 127 cm³/mol. The Balaban J connectivity index is 1.68. The minimum absolute atomic E-state index is 0.00416. The summed E-state index contributed by atoms with van der Waals surface area (Å²) < 4.78 is 0. The molecule has 0 radical (unpaired) electrons. The molecule has 32 heavy (non-hydrogen) atoms. The molecule has 0 bridgehead atoms. The van der Waals surface area contributed by atoms with Crippen LogP contribution in [0.15, 0.2) is 24.3 Å². The van der Waals surface area contributed by atoms with Crippen LogP contribution in [-0.2, 0) is 4.79 Å². The number of rotatable bonds is 5. The standard InChI is InChI=1S/C22H27ClN8O/c1-12(25-22-27-13(2)26-21(24)30-22)17-11-15-5-4-6-18(23)19(15)29-20(17)31-9-7-16(8-10-31)28-14(3)32/h4-6,11-12,16H,7-10H2,1-3H3,(H,28,32)(H3,24,25,26,27,30)/t12-/m0/s1. The van der Waals surface area contributed by atoms with E-state index in [1.165, 1.54) is 0 Å². The summed E-state index contributed by atoms with van der Waals surface area (Å²) in [7, 11) is 0. The maximum Gasteiger partial charge on any atom is 0.228 e. The van der Waals surface area contributed by atoms with E-state index >= 15 is 0 Å². The van der Waals surface area contributed by atoms with Gasteiger partial charge >= 0.3 is 0 Å². The number of nitrogens with one attached hydrogen (secondary N) is 2. The van der Waals surface area contributed by atoms with E-state index in [1.807, 2.05) is 25.1 Å². The van der Waals surface area contributed by atoms with Crippen molar-refractivity contribution in [3.8, 4) is 0 Å². The molecule has 1 fully saturated rings. The molecular formula is C22H27ClN8O. The Kier molecular flexibility index (Phi) is 6.27. The molecule has 3 heterocycles. The molecular weight excluding hydrogens is 428 g/mol. The van der Waals surface area contributed by atoms with E-state index in [9.17, 15) is 4.79 Å². The molecule has 0 saturated carbocycles. The smallest absolute Gasteiger partial charge is 0.228 e. The second-order valence-corrected chi connectivity index (χ2v) is 8.51. The third-order valence-electron chi connectivity index (χ3n) is 5.58. The Morgan fingerprint density at radius 2 is 1.97 bits per heavy atom. The van der Waals surface area contributed by atoms with Crippen LogP contribution in [0.25, 0.3) is 10.9 Å². The van der Waals surface area contributed by atoms with Gasteiger partial charge < -0.3 is 21.3 Å². The minimum atomic E-state index is -0.143. The SMILES string of the molecule is CC(=O)NC1CCN(c2nc3c(Cl)cccc3cc2[C@H](C)Nc2nc(C)nc(N)n2)CC1. The highest BCUT2D eigenvalue weighted by atomic mass is 35.5. The number of benzene rings is 1. The first-order valence-electron chi connectivity index (χ1n) is 10.7. The van der Waals surface area contributed by atoms with Gasteiger partial charge in [0.2, 0.25) is 17.8 Å². The van der Waals surface area contributed by atoms with Crippen molar-refractivity contribution in [1.82, 2.24) is 25.3 Å². The number of carbonyl (C=O) groups is 1. The Labute approximate surface area is 191 Å². The zero-order valence-electron chi connectivity index (χ0n) is 18.4. The molecule has 1 aliphatic rings. The lowest BCUT2D eigenvalue weighted by atomic mass is 10.0. The maximum atomic E-state index is 11.4. The average molecular weight is 455 g/mol. The Morgan fingerprint density at radius 1 is 1.22 bits per heavy atom. The van der Waals surface area contributed by atoms with Crippen LogP contribution in [0, 0.1) is 6.92 Å². The molecule has 1 saturated heterocycles. The van der Waals surface area contributed by atoms with Crippen molar-refractivity contribution in [1.29, 1.82) is 0 Å². The summed E-state index contributed by atoms with van der Waals surface area (Å²) in [5.41, 5.74) is 7.57. The van der Waals surface area contributed by atoms with Gasteiger partial charge in [-0.3, -0.25) is 4.79 Å². The number of nitrogens with zero attached hydrogens (tertiary/aromatic N) is 5. The number of pyridine rings is 1. The molecule has 10 heteroatoms. The van der Waals surface area contributed by atoms with Gasteiger partial charge in [-0.05, 0) is 38.8 Å². The first-order valence-corrected chi connectivity index (χ1v) is 11.0. The number of piperidine rings is 1. The van der Waals surface area contributed by atoms with Gasteiger partial charge in [0.1, 0.15) is 11.6 Å². The summed E-state index contributed by atoms with van der Waals surface area (Å²) in [4.78, 5) is 31.2. The molecule has 1 amide bonds.